The topological polar surface area (TPSA) is 25.2 Å². The van der Waals surface area contributed by atoms with Crippen LogP contribution in [0.2, 0.25) is 0 Å². The monoisotopic (exact) mass is 260 g/mol. The van der Waals surface area contributed by atoms with Crippen LogP contribution in [0.15, 0.2) is 6.07 Å². The normalized spacial score (nSPS) is 20.4. The minimum atomic E-state index is 0.237. The average Bonchev–Trinajstić information content (AvgIpc) is 2.64. The van der Waals surface area contributed by atoms with E-state index in [9.17, 15) is 4.79 Å². The summed E-state index contributed by atoms with van der Waals surface area (Å²) < 4.78 is 2.42. The van der Waals surface area contributed by atoms with Crippen molar-refractivity contribution in [2.24, 2.45) is 0 Å². The van der Waals surface area contributed by atoms with E-state index in [2.05, 4.69) is 24.5 Å². The van der Waals surface area contributed by atoms with E-state index in [4.69, 9.17) is 0 Å². The van der Waals surface area contributed by atoms with Gasteiger partial charge in [0.05, 0.1) is 5.56 Å². The van der Waals surface area contributed by atoms with Gasteiger partial charge < -0.3 is 9.47 Å². The van der Waals surface area contributed by atoms with E-state index in [0.717, 1.165) is 25.1 Å². The maximum Gasteiger partial charge on any atom is 0.255 e. The van der Waals surface area contributed by atoms with E-state index < -0.39 is 0 Å². The van der Waals surface area contributed by atoms with E-state index in [1.807, 2.05) is 4.90 Å². The van der Waals surface area contributed by atoms with E-state index in [1.54, 1.807) is 0 Å². The van der Waals surface area contributed by atoms with Crippen molar-refractivity contribution in [2.45, 2.75) is 58.4 Å². The Morgan fingerprint density at radius 3 is 2.37 bits per heavy atom. The van der Waals surface area contributed by atoms with Crippen molar-refractivity contribution in [2.75, 3.05) is 13.1 Å². The second kappa shape index (κ2) is 5.03. The summed E-state index contributed by atoms with van der Waals surface area (Å²) in [4.78, 5) is 14.4. The van der Waals surface area contributed by atoms with Crippen molar-refractivity contribution >= 4 is 5.91 Å². The number of hydrogen-bond acceptors (Lipinski definition) is 1. The van der Waals surface area contributed by atoms with Gasteiger partial charge >= 0.3 is 0 Å². The predicted octanol–water partition coefficient (Wildman–Crippen LogP) is 3.46. The molecule has 1 saturated carbocycles. The molecule has 1 amide bonds. The van der Waals surface area contributed by atoms with Gasteiger partial charge in [0.1, 0.15) is 0 Å². The van der Waals surface area contributed by atoms with Crippen molar-refractivity contribution in [1.82, 2.24) is 9.47 Å². The van der Waals surface area contributed by atoms with Crippen LogP contribution in [0.5, 0.6) is 0 Å². The Balaban J connectivity index is 1.88. The molecule has 1 aliphatic heterocycles. The molecule has 0 aromatic carbocycles. The van der Waals surface area contributed by atoms with Gasteiger partial charge in [0.2, 0.25) is 0 Å². The zero-order valence-electron chi connectivity index (χ0n) is 12.1. The standard InChI is InChI=1S/C16H24N2O/c1-12-11-15(16(19)17-9-6-10-17)13(2)18(12)14-7-4-3-5-8-14/h11,14H,3-10H2,1-2H3. The number of nitrogens with zero attached hydrogens (tertiary/aromatic N) is 2. The Labute approximate surface area is 115 Å². The second-order valence-electron chi connectivity index (χ2n) is 6.09. The van der Waals surface area contributed by atoms with Crippen molar-refractivity contribution in [3.63, 3.8) is 0 Å². The first kappa shape index (κ1) is 12.8. The molecule has 0 N–H and O–H groups in total. The highest BCUT2D eigenvalue weighted by atomic mass is 16.2. The third kappa shape index (κ3) is 2.19. The summed E-state index contributed by atoms with van der Waals surface area (Å²) in [7, 11) is 0. The van der Waals surface area contributed by atoms with Crippen LogP contribution < -0.4 is 0 Å². The third-order valence-electron chi connectivity index (χ3n) is 4.80. The molecule has 3 nitrogen and oxygen atoms in total. The van der Waals surface area contributed by atoms with E-state index in [0.29, 0.717) is 6.04 Å². The minimum absolute atomic E-state index is 0.237. The van der Waals surface area contributed by atoms with Gasteiger partial charge in [-0.3, -0.25) is 4.79 Å². The number of hydrogen-bond donors (Lipinski definition) is 0. The van der Waals surface area contributed by atoms with Gasteiger partial charge in [-0.15, -0.1) is 0 Å². The maximum atomic E-state index is 12.4. The lowest BCUT2D eigenvalue weighted by Gasteiger charge is -2.31. The first-order chi connectivity index (χ1) is 9.18. The molecule has 0 atom stereocenters. The summed E-state index contributed by atoms with van der Waals surface area (Å²) in [6, 6.07) is 2.72. The van der Waals surface area contributed by atoms with Crippen LogP contribution in [-0.2, 0) is 0 Å². The Bertz CT molecular complexity index is 479. The number of aromatic nitrogens is 1. The molecule has 3 heteroatoms. The molecule has 1 saturated heterocycles. The smallest absolute Gasteiger partial charge is 0.255 e. The highest BCUT2D eigenvalue weighted by Crippen LogP contribution is 2.32. The van der Waals surface area contributed by atoms with Crippen LogP contribution >= 0.6 is 0 Å². The van der Waals surface area contributed by atoms with Gasteiger partial charge in [-0.05, 0) is 39.2 Å². The molecule has 0 radical (unpaired) electrons. The van der Waals surface area contributed by atoms with Gasteiger partial charge in [0.15, 0.2) is 0 Å². The Morgan fingerprint density at radius 2 is 1.79 bits per heavy atom. The molecule has 0 spiro atoms. The molecule has 2 heterocycles. The molecule has 2 aliphatic rings. The van der Waals surface area contributed by atoms with Crippen molar-refractivity contribution < 1.29 is 4.79 Å². The molecule has 2 fully saturated rings. The van der Waals surface area contributed by atoms with Crippen LogP contribution in [-0.4, -0.2) is 28.5 Å². The summed E-state index contributed by atoms with van der Waals surface area (Å²) >= 11 is 0. The largest absolute Gasteiger partial charge is 0.345 e. The number of carbonyl (C=O) groups excluding carboxylic acids is 1. The summed E-state index contributed by atoms with van der Waals surface area (Å²) in [5, 5.41) is 0. The molecule has 0 unspecified atom stereocenters. The van der Waals surface area contributed by atoms with Gasteiger partial charge in [0, 0.05) is 30.5 Å². The zero-order chi connectivity index (χ0) is 13.4. The highest BCUT2D eigenvalue weighted by Gasteiger charge is 2.27. The maximum absolute atomic E-state index is 12.4. The van der Waals surface area contributed by atoms with Gasteiger partial charge in [-0.1, -0.05) is 19.3 Å². The first-order valence-corrected chi connectivity index (χ1v) is 7.66. The quantitative estimate of drug-likeness (QED) is 0.799. The van der Waals surface area contributed by atoms with E-state index >= 15 is 0 Å². The van der Waals surface area contributed by atoms with Crippen LogP contribution in [0.4, 0.5) is 0 Å². The number of aryl methyl sites for hydroxylation is 1. The highest BCUT2D eigenvalue weighted by molar-refractivity contribution is 5.96. The summed E-state index contributed by atoms with van der Waals surface area (Å²) in [6.07, 6.45) is 7.73. The lowest BCUT2D eigenvalue weighted by molar-refractivity contribution is 0.0651. The fourth-order valence-electron chi connectivity index (χ4n) is 3.58. The molecular weight excluding hydrogens is 236 g/mol. The number of likely N-dealkylation sites (tertiary alicyclic amines) is 1. The number of carbonyl (C=O) groups is 1. The van der Waals surface area contributed by atoms with Crippen LogP contribution in [0, 0.1) is 13.8 Å². The number of rotatable bonds is 2. The molecule has 3 rings (SSSR count). The molecule has 104 valence electrons. The number of amides is 1. The van der Waals surface area contributed by atoms with Crippen LogP contribution in [0.3, 0.4) is 0 Å². The molecule has 1 aromatic heterocycles. The van der Waals surface area contributed by atoms with Gasteiger partial charge in [0.25, 0.3) is 5.91 Å². The first-order valence-electron chi connectivity index (χ1n) is 7.66. The van der Waals surface area contributed by atoms with Crippen molar-refractivity contribution in [3.05, 3.63) is 23.0 Å². The van der Waals surface area contributed by atoms with E-state index in [-0.39, 0.29) is 5.91 Å². The molecular formula is C16H24N2O. The summed E-state index contributed by atoms with van der Waals surface area (Å²) in [5.41, 5.74) is 3.37. The average molecular weight is 260 g/mol. The molecule has 19 heavy (non-hydrogen) atoms. The van der Waals surface area contributed by atoms with Crippen LogP contribution in [0.1, 0.15) is 66.3 Å². The van der Waals surface area contributed by atoms with Gasteiger partial charge in [-0.2, -0.15) is 0 Å². The zero-order valence-corrected chi connectivity index (χ0v) is 12.1. The Kier molecular flexibility index (Phi) is 3.38. The Hall–Kier alpha value is -1.25. The van der Waals surface area contributed by atoms with Crippen molar-refractivity contribution in [3.8, 4) is 0 Å². The Morgan fingerprint density at radius 1 is 1.11 bits per heavy atom. The van der Waals surface area contributed by atoms with Crippen molar-refractivity contribution in [1.29, 1.82) is 0 Å². The van der Waals surface area contributed by atoms with Gasteiger partial charge in [-0.25, -0.2) is 0 Å². The lowest BCUT2D eigenvalue weighted by Crippen LogP contribution is -2.42. The van der Waals surface area contributed by atoms with Crippen LogP contribution in [0.25, 0.3) is 0 Å². The lowest BCUT2D eigenvalue weighted by atomic mass is 9.95. The molecule has 1 aromatic rings. The fraction of sp³-hybridized carbons (Fsp3) is 0.688. The SMILES string of the molecule is Cc1cc(C(=O)N2CCC2)c(C)n1C1CCCCC1. The predicted molar refractivity (Wildman–Crippen MR) is 76.5 cm³/mol. The fourth-order valence-corrected chi connectivity index (χ4v) is 3.58. The molecule has 0 bridgehead atoms. The van der Waals surface area contributed by atoms with E-state index in [1.165, 1.54) is 43.5 Å². The third-order valence-corrected chi connectivity index (χ3v) is 4.80. The summed E-state index contributed by atoms with van der Waals surface area (Å²) in [5.74, 6) is 0.237. The second-order valence-corrected chi connectivity index (χ2v) is 6.09. The summed E-state index contributed by atoms with van der Waals surface area (Å²) in [6.45, 7) is 6.14. The molecule has 1 aliphatic carbocycles. The minimum Gasteiger partial charge on any atom is -0.345 e.